The molecule has 0 aliphatic carbocycles. The Hall–Kier alpha value is -2.04. The molecule has 1 aliphatic heterocycles. The van der Waals surface area contributed by atoms with Gasteiger partial charge in [-0.2, -0.15) is 0 Å². The van der Waals surface area contributed by atoms with Crippen LogP contribution in [0.25, 0.3) is 0 Å². The van der Waals surface area contributed by atoms with E-state index in [0.29, 0.717) is 13.1 Å². The minimum absolute atomic E-state index is 0. The Balaban J connectivity index is 0.00000261. The molecule has 0 aromatic heterocycles. The smallest absolute Gasteiger partial charge is 0.246 e. The molecule has 0 bridgehead atoms. The zero-order valence-electron chi connectivity index (χ0n) is 16.3. The Bertz CT molecular complexity index is 769. The molecule has 0 spiro atoms. The molecule has 2 N–H and O–H groups in total. The van der Waals surface area contributed by atoms with E-state index >= 15 is 0 Å². The van der Waals surface area contributed by atoms with Crippen LogP contribution in [-0.2, 0) is 10.3 Å². The number of amides is 1. The first kappa shape index (κ1) is 21.3. The summed E-state index contributed by atoms with van der Waals surface area (Å²) in [4.78, 5) is 14.8. The third-order valence-corrected chi connectivity index (χ3v) is 5.18. The second-order valence-electron chi connectivity index (χ2n) is 7.45. The lowest BCUT2D eigenvalue weighted by molar-refractivity contribution is -0.138. The molecule has 1 amide bonds. The molecule has 5 heteroatoms. The van der Waals surface area contributed by atoms with Gasteiger partial charge in [-0.25, -0.2) is 0 Å². The first-order valence-corrected chi connectivity index (χ1v) is 9.25. The van der Waals surface area contributed by atoms with Gasteiger partial charge in [0.15, 0.2) is 0 Å². The van der Waals surface area contributed by atoms with Gasteiger partial charge in [0.05, 0.1) is 0 Å². The number of halogens is 1. The van der Waals surface area contributed by atoms with Crippen molar-refractivity contribution in [2.24, 2.45) is 5.73 Å². The molecule has 146 valence electrons. The summed E-state index contributed by atoms with van der Waals surface area (Å²) in [5, 5.41) is 0. The zero-order chi connectivity index (χ0) is 18.7. The second kappa shape index (κ2) is 8.77. The molecule has 2 aromatic rings. The highest BCUT2D eigenvalue weighted by atomic mass is 35.5. The van der Waals surface area contributed by atoms with Crippen LogP contribution in [0.2, 0.25) is 0 Å². The maximum Gasteiger partial charge on any atom is 0.246 e. The number of nitrogens with two attached hydrogens (primary N) is 1. The Labute approximate surface area is 168 Å². The first-order valence-electron chi connectivity index (χ1n) is 9.25. The number of hydrogen-bond donors (Lipinski definition) is 1. The van der Waals surface area contributed by atoms with E-state index in [0.717, 1.165) is 29.7 Å². The number of benzene rings is 2. The second-order valence-corrected chi connectivity index (χ2v) is 7.45. The van der Waals surface area contributed by atoms with Crippen LogP contribution >= 0.6 is 12.4 Å². The van der Waals surface area contributed by atoms with Gasteiger partial charge in [-0.3, -0.25) is 4.79 Å². The van der Waals surface area contributed by atoms with Crippen LogP contribution in [0.1, 0.15) is 36.5 Å². The summed E-state index contributed by atoms with van der Waals surface area (Å²) >= 11 is 0. The highest BCUT2D eigenvalue weighted by Crippen LogP contribution is 2.26. The number of aryl methyl sites for hydroxylation is 2. The number of likely N-dealkylation sites (tertiary alicyclic amines) is 1. The van der Waals surface area contributed by atoms with E-state index in [2.05, 4.69) is 32.0 Å². The minimum atomic E-state index is -0.998. The van der Waals surface area contributed by atoms with E-state index in [4.69, 9.17) is 10.5 Å². The maximum atomic E-state index is 12.9. The molecular formula is C22H29ClN2O2. The van der Waals surface area contributed by atoms with Crippen molar-refractivity contribution in [2.45, 2.75) is 45.3 Å². The van der Waals surface area contributed by atoms with E-state index in [1.165, 1.54) is 5.56 Å². The highest BCUT2D eigenvalue weighted by molar-refractivity contribution is 5.87. The summed E-state index contributed by atoms with van der Waals surface area (Å²) in [5.41, 5.74) is 8.57. The topological polar surface area (TPSA) is 55.6 Å². The van der Waals surface area contributed by atoms with Gasteiger partial charge >= 0.3 is 0 Å². The Morgan fingerprint density at radius 2 is 1.74 bits per heavy atom. The number of nitrogens with zero attached hydrogens (tertiary/aromatic N) is 1. The van der Waals surface area contributed by atoms with E-state index in [-0.39, 0.29) is 24.4 Å². The standard InChI is InChI=1S/C22H28N2O2.ClH/c1-16-9-10-17(2)20(15-16)26-19-11-13-24(14-12-19)21(25)22(3,23)18-7-5-4-6-8-18;/h4-10,15,19H,11-14,23H2,1-3H3;1H. The van der Waals surface area contributed by atoms with Crippen molar-refractivity contribution in [1.82, 2.24) is 4.90 Å². The number of hydrogen-bond acceptors (Lipinski definition) is 3. The predicted octanol–water partition coefficient (Wildman–Crippen LogP) is 3.97. The fraction of sp³-hybridized carbons (Fsp3) is 0.409. The molecule has 1 fully saturated rings. The van der Waals surface area contributed by atoms with E-state index in [9.17, 15) is 4.79 Å². The van der Waals surface area contributed by atoms with Gasteiger partial charge in [-0.15, -0.1) is 12.4 Å². The fourth-order valence-electron chi connectivity index (χ4n) is 3.43. The quantitative estimate of drug-likeness (QED) is 0.862. The van der Waals surface area contributed by atoms with Crippen LogP contribution in [0.15, 0.2) is 48.5 Å². The maximum absolute atomic E-state index is 12.9. The normalized spacial score (nSPS) is 17.0. The third-order valence-electron chi connectivity index (χ3n) is 5.18. The molecule has 1 atom stereocenters. The van der Waals surface area contributed by atoms with Crippen LogP contribution in [0.4, 0.5) is 0 Å². The molecule has 0 radical (unpaired) electrons. The van der Waals surface area contributed by atoms with Gasteiger partial charge < -0.3 is 15.4 Å². The van der Waals surface area contributed by atoms with Crippen molar-refractivity contribution in [3.63, 3.8) is 0 Å². The number of rotatable bonds is 4. The van der Waals surface area contributed by atoms with Crippen LogP contribution < -0.4 is 10.5 Å². The molecule has 0 saturated carbocycles. The van der Waals surface area contributed by atoms with Gasteiger partial charge in [-0.1, -0.05) is 42.5 Å². The lowest BCUT2D eigenvalue weighted by Gasteiger charge is -2.37. The van der Waals surface area contributed by atoms with Crippen molar-refractivity contribution < 1.29 is 9.53 Å². The van der Waals surface area contributed by atoms with Crippen LogP contribution in [0, 0.1) is 13.8 Å². The van der Waals surface area contributed by atoms with E-state index in [1.807, 2.05) is 35.2 Å². The van der Waals surface area contributed by atoms with Crippen molar-refractivity contribution in [1.29, 1.82) is 0 Å². The number of carbonyl (C=O) groups is 1. The van der Waals surface area contributed by atoms with Crippen LogP contribution in [0.5, 0.6) is 5.75 Å². The van der Waals surface area contributed by atoms with E-state index < -0.39 is 5.54 Å². The van der Waals surface area contributed by atoms with Crippen LogP contribution in [0.3, 0.4) is 0 Å². The van der Waals surface area contributed by atoms with Gasteiger partial charge in [0, 0.05) is 25.9 Å². The lowest BCUT2D eigenvalue weighted by atomic mass is 9.90. The van der Waals surface area contributed by atoms with Gasteiger partial charge in [0.2, 0.25) is 5.91 Å². The largest absolute Gasteiger partial charge is 0.490 e. The van der Waals surface area contributed by atoms with Crippen molar-refractivity contribution in [3.8, 4) is 5.75 Å². The van der Waals surface area contributed by atoms with Gasteiger partial charge in [0.25, 0.3) is 0 Å². The molecule has 1 aliphatic rings. The number of piperidine rings is 1. The summed E-state index contributed by atoms with van der Waals surface area (Å²) in [6.07, 6.45) is 1.79. The van der Waals surface area contributed by atoms with Crippen molar-refractivity contribution in [3.05, 3.63) is 65.2 Å². The minimum Gasteiger partial charge on any atom is -0.490 e. The molecule has 4 nitrogen and oxygen atoms in total. The summed E-state index contributed by atoms with van der Waals surface area (Å²) in [6.45, 7) is 7.28. The van der Waals surface area contributed by atoms with Crippen LogP contribution in [-0.4, -0.2) is 30.0 Å². The summed E-state index contributed by atoms with van der Waals surface area (Å²) < 4.78 is 6.20. The molecule has 1 heterocycles. The average Bonchev–Trinajstić information content (AvgIpc) is 2.65. The predicted molar refractivity (Wildman–Crippen MR) is 111 cm³/mol. The first-order chi connectivity index (χ1) is 12.4. The highest BCUT2D eigenvalue weighted by Gasteiger charge is 2.36. The van der Waals surface area contributed by atoms with Crippen molar-refractivity contribution in [2.75, 3.05) is 13.1 Å². The molecule has 3 rings (SSSR count). The zero-order valence-corrected chi connectivity index (χ0v) is 17.1. The summed E-state index contributed by atoms with van der Waals surface area (Å²) in [6, 6.07) is 15.8. The summed E-state index contributed by atoms with van der Waals surface area (Å²) in [7, 11) is 0. The molecule has 27 heavy (non-hydrogen) atoms. The SMILES string of the molecule is Cc1ccc(C)c(OC2CCN(C(=O)C(C)(N)c3ccccc3)CC2)c1.Cl. The Kier molecular flexibility index (Phi) is 6.90. The molecule has 1 unspecified atom stereocenters. The van der Waals surface area contributed by atoms with Crippen molar-refractivity contribution >= 4 is 18.3 Å². The molecule has 2 aromatic carbocycles. The number of carbonyl (C=O) groups excluding carboxylic acids is 1. The van der Waals surface area contributed by atoms with E-state index in [1.54, 1.807) is 6.92 Å². The fourth-order valence-corrected chi connectivity index (χ4v) is 3.43. The lowest BCUT2D eigenvalue weighted by Crippen LogP contribution is -2.53. The molecular weight excluding hydrogens is 360 g/mol. The number of ether oxygens (including phenoxy) is 1. The summed E-state index contributed by atoms with van der Waals surface area (Å²) in [5.74, 6) is 0.927. The Morgan fingerprint density at radius 3 is 2.37 bits per heavy atom. The van der Waals surface area contributed by atoms with Gasteiger partial charge in [-0.05, 0) is 43.5 Å². The monoisotopic (exact) mass is 388 g/mol. The Morgan fingerprint density at radius 1 is 1.11 bits per heavy atom. The molecule has 1 saturated heterocycles. The third kappa shape index (κ3) is 4.82. The average molecular weight is 389 g/mol. The van der Waals surface area contributed by atoms with Gasteiger partial charge in [0.1, 0.15) is 17.4 Å².